The molecule has 186 valence electrons. The number of halogens is 3. The second-order valence-corrected chi connectivity index (χ2v) is 10.5. The van der Waals surface area contributed by atoms with Gasteiger partial charge in [0.05, 0.1) is 0 Å². The van der Waals surface area contributed by atoms with E-state index in [0.29, 0.717) is 11.8 Å². The van der Waals surface area contributed by atoms with Gasteiger partial charge in [0.1, 0.15) is 5.75 Å². The minimum absolute atomic E-state index is 0.111. The van der Waals surface area contributed by atoms with Gasteiger partial charge in [0, 0.05) is 0 Å². The van der Waals surface area contributed by atoms with Crippen molar-refractivity contribution in [3.05, 3.63) is 64.7 Å². The summed E-state index contributed by atoms with van der Waals surface area (Å²) in [5.74, 6) is 1.95. The molecule has 0 radical (unpaired) electrons. The lowest BCUT2D eigenvalue weighted by Crippen LogP contribution is -2.18. The van der Waals surface area contributed by atoms with Crippen LogP contribution in [0.4, 0.5) is 13.2 Å². The van der Waals surface area contributed by atoms with E-state index in [0.717, 1.165) is 36.3 Å². The molecular formula is C30H39F3O. The van der Waals surface area contributed by atoms with Crippen molar-refractivity contribution in [1.82, 2.24) is 0 Å². The summed E-state index contributed by atoms with van der Waals surface area (Å²) in [6.45, 7) is 2.28. The maximum atomic E-state index is 12.5. The Balaban J connectivity index is 1.27. The summed E-state index contributed by atoms with van der Waals surface area (Å²) in [4.78, 5) is 0. The fourth-order valence-electron chi connectivity index (χ4n) is 6.07. The first kappa shape index (κ1) is 25.1. The number of unbranched alkanes of at least 4 members (excludes halogenated alkanes) is 4. The van der Waals surface area contributed by atoms with Crippen LogP contribution in [0.1, 0.15) is 112 Å². The van der Waals surface area contributed by atoms with Crippen LogP contribution in [0.3, 0.4) is 0 Å². The van der Waals surface area contributed by atoms with Crippen LogP contribution in [0, 0.1) is 5.92 Å². The third-order valence-electron chi connectivity index (χ3n) is 8.08. The molecule has 2 aliphatic carbocycles. The highest BCUT2D eigenvalue weighted by Gasteiger charge is 2.31. The second kappa shape index (κ2) is 11.6. The fraction of sp³-hybridized carbons (Fsp3) is 0.600. The van der Waals surface area contributed by atoms with Gasteiger partial charge in [-0.05, 0) is 97.1 Å². The summed E-state index contributed by atoms with van der Waals surface area (Å²) in [5.41, 5.74) is 4.96. The molecule has 2 aliphatic rings. The van der Waals surface area contributed by atoms with E-state index in [1.165, 1.54) is 81.4 Å². The zero-order valence-electron chi connectivity index (χ0n) is 20.5. The normalized spacial score (nSPS) is 22.9. The molecule has 0 aromatic heterocycles. The Morgan fingerprint density at radius 2 is 1.44 bits per heavy atom. The van der Waals surface area contributed by atoms with Crippen molar-refractivity contribution in [2.45, 2.75) is 109 Å². The molecule has 0 N–H and O–H groups in total. The molecule has 0 bridgehead atoms. The Morgan fingerprint density at radius 3 is 2.12 bits per heavy atom. The summed E-state index contributed by atoms with van der Waals surface area (Å²) < 4.78 is 41.6. The number of benzene rings is 2. The lowest BCUT2D eigenvalue weighted by molar-refractivity contribution is -0.274. The Bertz CT molecular complexity index is 894. The number of ether oxygens (including phenoxy) is 1. The van der Waals surface area contributed by atoms with Gasteiger partial charge in [-0.15, -0.1) is 13.2 Å². The Labute approximate surface area is 203 Å². The van der Waals surface area contributed by atoms with Crippen LogP contribution in [0.5, 0.6) is 5.75 Å². The first-order chi connectivity index (χ1) is 16.4. The van der Waals surface area contributed by atoms with Gasteiger partial charge >= 0.3 is 6.36 Å². The quantitative estimate of drug-likeness (QED) is 0.330. The molecule has 0 heterocycles. The number of hydrogen-bond donors (Lipinski definition) is 0. The maximum Gasteiger partial charge on any atom is 0.573 e. The molecule has 4 heteroatoms. The molecule has 2 aromatic carbocycles. The van der Waals surface area contributed by atoms with Gasteiger partial charge in [0.15, 0.2) is 0 Å². The number of aryl methyl sites for hydroxylation is 1. The van der Waals surface area contributed by atoms with E-state index in [4.69, 9.17) is 0 Å². The van der Waals surface area contributed by atoms with Crippen molar-refractivity contribution < 1.29 is 17.9 Å². The molecular weight excluding hydrogens is 433 g/mol. The Hall–Kier alpha value is -1.97. The van der Waals surface area contributed by atoms with Crippen molar-refractivity contribution in [3.8, 4) is 5.75 Å². The van der Waals surface area contributed by atoms with Gasteiger partial charge in [-0.3, -0.25) is 0 Å². The number of rotatable bonds is 9. The summed E-state index contributed by atoms with van der Waals surface area (Å²) in [6, 6.07) is 14.1. The van der Waals surface area contributed by atoms with Gasteiger partial charge < -0.3 is 4.74 Å². The van der Waals surface area contributed by atoms with Crippen LogP contribution < -0.4 is 4.74 Å². The summed E-state index contributed by atoms with van der Waals surface area (Å²) in [5, 5.41) is 0. The van der Waals surface area contributed by atoms with Gasteiger partial charge in [-0.25, -0.2) is 0 Å². The SMILES string of the molecule is CCCCCCCC1CCC(c2ccc(C3CCc4cc(OC(F)(F)F)ccc4C3)cc2)CC1. The van der Waals surface area contributed by atoms with E-state index in [9.17, 15) is 13.2 Å². The first-order valence-electron chi connectivity index (χ1n) is 13.4. The zero-order valence-corrected chi connectivity index (χ0v) is 20.5. The fourth-order valence-corrected chi connectivity index (χ4v) is 6.07. The second-order valence-electron chi connectivity index (χ2n) is 10.5. The third kappa shape index (κ3) is 7.02. The van der Waals surface area contributed by atoms with Gasteiger partial charge in [-0.1, -0.05) is 75.8 Å². The minimum atomic E-state index is -4.64. The standard InChI is InChI=1S/C30H39F3O/c1-2-3-4-5-6-7-22-8-10-23(11-9-22)24-12-14-25(15-13-24)26-16-17-28-21-29(34-30(31,32)33)19-18-27(28)20-26/h12-15,18-19,21-23,26H,2-11,16-17,20H2,1H3. The monoisotopic (exact) mass is 472 g/mol. The highest BCUT2D eigenvalue weighted by molar-refractivity contribution is 5.40. The summed E-state index contributed by atoms with van der Waals surface area (Å²) in [6.07, 6.45) is 11.7. The highest BCUT2D eigenvalue weighted by atomic mass is 19.4. The number of fused-ring (bicyclic) bond motifs is 1. The van der Waals surface area contributed by atoms with Crippen LogP contribution in [0.15, 0.2) is 42.5 Å². The van der Waals surface area contributed by atoms with Crippen LogP contribution in [-0.2, 0) is 12.8 Å². The highest BCUT2D eigenvalue weighted by Crippen LogP contribution is 2.39. The van der Waals surface area contributed by atoms with Gasteiger partial charge in [-0.2, -0.15) is 0 Å². The Morgan fingerprint density at radius 1 is 0.765 bits per heavy atom. The average Bonchev–Trinajstić information content (AvgIpc) is 2.83. The van der Waals surface area contributed by atoms with E-state index in [2.05, 4.69) is 35.9 Å². The van der Waals surface area contributed by atoms with E-state index in [1.807, 2.05) is 0 Å². The van der Waals surface area contributed by atoms with E-state index < -0.39 is 6.36 Å². The molecule has 0 amide bonds. The van der Waals surface area contributed by atoms with Crippen LogP contribution >= 0.6 is 0 Å². The molecule has 1 unspecified atom stereocenters. The maximum absolute atomic E-state index is 12.5. The van der Waals surface area contributed by atoms with Crippen molar-refractivity contribution in [1.29, 1.82) is 0 Å². The lowest BCUT2D eigenvalue weighted by atomic mass is 9.76. The third-order valence-corrected chi connectivity index (χ3v) is 8.08. The molecule has 1 nitrogen and oxygen atoms in total. The molecule has 2 aromatic rings. The van der Waals surface area contributed by atoms with Crippen molar-refractivity contribution in [3.63, 3.8) is 0 Å². The average molecular weight is 473 g/mol. The number of alkyl halides is 3. The molecule has 34 heavy (non-hydrogen) atoms. The van der Waals surface area contributed by atoms with E-state index in [1.54, 1.807) is 12.1 Å². The van der Waals surface area contributed by atoms with E-state index >= 15 is 0 Å². The van der Waals surface area contributed by atoms with Crippen LogP contribution in [-0.4, -0.2) is 6.36 Å². The molecule has 0 spiro atoms. The van der Waals surface area contributed by atoms with Crippen molar-refractivity contribution >= 4 is 0 Å². The van der Waals surface area contributed by atoms with Crippen LogP contribution in [0.2, 0.25) is 0 Å². The number of hydrogen-bond acceptors (Lipinski definition) is 1. The van der Waals surface area contributed by atoms with Gasteiger partial charge in [0.2, 0.25) is 0 Å². The lowest BCUT2D eigenvalue weighted by Gasteiger charge is -2.29. The molecule has 1 saturated carbocycles. The van der Waals surface area contributed by atoms with Gasteiger partial charge in [0.25, 0.3) is 0 Å². The minimum Gasteiger partial charge on any atom is -0.406 e. The summed E-state index contributed by atoms with van der Waals surface area (Å²) in [7, 11) is 0. The zero-order chi connectivity index (χ0) is 24.0. The largest absolute Gasteiger partial charge is 0.573 e. The molecule has 1 atom stereocenters. The van der Waals surface area contributed by atoms with Crippen LogP contribution in [0.25, 0.3) is 0 Å². The van der Waals surface area contributed by atoms with E-state index in [-0.39, 0.29) is 5.75 Å². The Kier molecular flexibility index (Phi) is 8.60. The predicted octanol–water partition coefficient (Wildman–Crippen LogP) is 9.49. The van der Waals surface area contributed by atoms with Crippen molar-refractivity contribution in [2.75, 3.05) is 0 Å². The molecule has 1 fully saturated rings. The topological polar surface area (TPSA) is 9.23 Å². The smallest absolute Gasteiger partial charge is 0.406 e. The molecule has 4 rings (SSSR count). The molecule has 0 aliphatic heterocycles. The molecule has 0 saturated heterocycles. The predicted molar refractivity (Wildman–Crippen MR) is 132 cm³/mol. The summed E-state index contributed by atoms with van der Waals surface area (Å²) >= 11 is 0. The first-order valence-corrected chi connectivity index (χ1v) is 13.4. The van der Waals surface area contributed by atoms with Crippen molar-refractivity contribution in [2.24, 2.45) is 5.92 Å².